The summed E-state index contributed by atoms with van der Waals surface area (Å²) in [5, 5.41) is 7.13. The fourth-order valence-corrected chi connectivity index (χ4v) is 2.89. The van der Waals surface area contributed by atoms with Crippen molar-refractivity contribution in [3.05, 3.63) is 34.2 Å². The molecular formula is C14H11ClN4O5. The lowest BCUT2D eigenvalue weighted by Gasteiger charge is -2.16. The highest BCUT2D eigenvalue weighted by molar-refractivity contribution is 6.46. The Morgan fingerprint density at radius 1 is 1.38 bits per heavy atom. The van der Waals surface area contributed by atoms with Crippen molar-refractivity contribution in [3.63, 3.8) is 0 Å². The minimum absolute atomic E-state index is 0.0594. The van der Waals surface area contributed by atoms with Crippen LogP contribution in [0.3, 0.4) is 0 Å². The third-order valence-electron chi connectivity index (χ3n) is 3.66. The maximum absolute atomic E-state index is 12.7. The first-order valence-electron chi connectivity index (χ1n) is 7.01. The van der Waals surface area contributed by atoms with Gasteiger partial charge in [0.2, 0.25) is 5.91 Å². The molecule has 3 rings (SSSR count). The highest BCUT2D eigenvalue weighted by Crippen LogP contribution is 2.36. The molecular weight excluding hydrogens is 340 g/mol. The minimum atomic E-state index is -1.30. The molecule has 0 spiro atoms. The number of imide groups is 1. The highest BCUT2D eigenvalue weighted by Gasteiger charge is 2.59. The number of halogens is 1. The Morgan fingerprint density at radius 3 is 2.75 bits per heavy atom. The number of hydrogen-bond acceptors (Lipinski definition) is 7. The van der Waals surface area contributed by atoms with Gasteiger partial charge in [0.15, 0.2) is 11.8 Å². The molecule has 124 valence electrons. The SMILES string of the molecule is CCOC(=O)C1=NN(N=O)[C@@H]2C(=O)N(c3cccc(Cl)c3)C(=O)[C@@H]12. The van der Waals surface area contributed by atoms with E-state index in [4.69, 9.17) is 16.3 Å². The number of hydrogen-bond donors (Lipinski definition) is 0. The van der Waals surface area contributed by atoms with Gasteiger partial charge < -0.3 is 4.74 Å². The lowest BCUT2D eigenvalue weighted by molar-refractivity contribution is -0.136. The van der Waals surface area contributed by atoms with Gasteiger partial charge in [0.1, 0.15) is 5.92 Å². The van der Waals surface area contributed by atoms with Crippen LogP contribution in [-0.4, -0.2) is 41.3 Å². The monoisotopic (exact) mass is 350 g/mol. The van der Waals surface area contributed by atoms with E-state index in [0.717, 1.165) is 4.90 Å². The number of carbonyl (C=O) groups excluding carboxylic acids is 3. The molecule has 2 amide bonds. The number of fused-ring (bicyclic) bond motifs is 1. The van der Waals surface area contributed by atoms with Crippen LogP contribution < -0.4 is 4.90 Å². The molecule has 9 nitrogen and oxygen atoms in total. The summed E-state index contributed by atoms with van der Waals surface area (Å²) in [5.74, 6) is -3.51. The Kier molecular flexibility index (Phi) is 4.02. The summed E-state index contributed by atoms with van der Waals surface area (Å²) in [6, 6.07) is 4.80. The number of amides is 2. The molecule has 0 bridgehead atoms. The summed E-state index contributed by atoms with van der Waals surface area (Å²) in [7, 11) is 0. The molecule has 0 unspecified atom stereocenters. The van der Waals surface area contributed by atoms with Crippen LogP contribution in [0.15, 0.2) is 34.7 Å². The molecule has 0 radical (unpaired) electrons. The number of benzene rings is 1. The zero-order valence-electron chi connectivity index (χ0n) is 12.4. The number of anilines is 1. The summed E-state index contributed by atoms with van der Waals surface area (Å²) >= 11 is 5.89. The van der Waals surface area contributed by atoms with E-state index in [1.54, 1.807) is 19.1 Å². The summed E-state index contributed by atoms with van der Waals surface area (Å²) in [5.41, 5.74) is -0.0784. The van der Waals surface area contributed by atoms with Gasteiger partial charge in [-0.1, -0.05) is 17.7 Å². The van der Waals surface area contributed by atoms with E-state index in [1.165, 1.54) is 12.1 Å². The molecule has 24 heavy (non-hydrogen) atoms. The second-order valence-corrected chi connectivity index (χ2v) is 5.46. The lowest BCUT2D eigenvalue weighted by Crippen LogP contribution is -2.36. The van der Waals surface area contributed by atoms with Gasteiger partial charge in [0, 0.05) is 5.02 Å². The van der Waals surface area contributed by atoms with Gasteiger partial charge in [0.05, 0.1) is 17.6 Å². The fraction of sp³-hybridized carbons (Fsp3) is 0.286. The van der Waals surface area contributed by atoms with Crippen LogP contribution in [0.2, 0.25) is 5.02 Å². The van der Waals surface area contributed by atoms with Crippen molar-refractivity contribution < 1.29 is 19.1 Å². The van der Waals surface area contributed by atoms with Gasteiger partial charge in [-0.25, -0.2) is 9.69 Å². The first kappa shape index (κ1) is 16.1. The predicted molar refractivity (Wildman–Crippen MR) is 82.9 cm³/mol. The van der Waals surface area contributed by atoms with Gasteiger partial charge in [-0.2, -0.15) is 0 Å². The lowest BCUT2D eigenvalue weighted by atomic mass is 9.98. The number of esters is 1. The third-order valence-corrected chi connectivity index (χ3v) is 3.90. The van der Waals surface area contributed by atoms with E-state index in [-0.39, 0.29) is 18.0 Å². The smallest absolute Gasteiger partial charge is 0.355 e. The molecule has 0 aliphatic carbocycles. The zero-order chi connectivity index (χ0) is 17.4. The van der Waals surface area contributed by atoms with Crippen molar-refractivity contribution in [1.29, 1.82) is 0 Å². The van der Waals surface area contributed by atoms with Crippen molar-refractivity contribution in [3.8, 4) is 0 Å². The fourth-order valence-electron chi connectivity index (χ4n) is 2.70. The van der Waals surface area contributed by atoms with Gasteiger partial charge >= 0.3 is 5.97 Å². The van der Waals surface area contributed by atoms with Crippen molar-refractivity contribution in [2.75, 3.05) is 11.5 Å². The molecule has 0 saturated carbocycles. The van der Waals surface area contributed by atoms with Crippen molar-refractivity contribution in [2.24, 2.45) is 16.3 Å². The first-order chi connectivity index (χ1) is 11.5. The number of nitrogens with zero attached hydrogens (tertiary/aromatic N) is 4. The van der Waals surface area contributed by atoms with Gasteiger partial charge in [0.25, 0.3) is 5.91 Å². The second-order valence-electron chi connectivity index (χ2n) is 5.02. The van der Waals surface area contributed by atoms with Gasteiger partial charge in [-0.3, -0.25) is 9.59 Å². The maximum atomic E-state index is 12.7. The molecule has 0 N–H and O–H groups in total. The third kappa shape index (κ3) is 2.33. The van der Waals surface area contributed by atoms with Crippen molar-refractivity contribution in [2.45, 2.75) is 13.0 Å². The molecule has 2 atom stereocenters. The number of rotatable bonds is 4. The molecule has 1 fully saturated rings. The summed E-state index contributed by atoms with van der Waals surface area (Å²) in [4.78, 5) is 49.1. The number of carbonyl (C=O) groups is 3. The quantitative estimate of drug-likeness (QED) is 0.457. The van der Waals surface area contributed by atoms with E-state index < -0.39 is 29.7 Å². The Hall–Kier alpha value is -2.81. The van der Waals surface area contributed by atoms with E-state index in [1.807, 2.05) is 0 Å². The van der Waals surface area contributed by atoms with Crippen LogP contribution in [0.5, 0.6) is 0 Å². The first-order valence-corrected chi connectivity index (χ1v) is 7.39. The van der Waals surface area contributed by atoms with Gasteiger partial charge in [-0.05, 0) is 25.1 Å². The molecule has 1 aromatic carbocycles. The number of hydrazone groups is 1. The molecule has 1 saturated heterocycles. The van der Waals surface area contributed by atoms with Gasteiger partial charge in [-0.15, -0.1) is 15.1 Å². The average Bonchev–Trinajstić information content (AvgIpc) is 3.05. The molecule has 2 heterocycles. The van der Waals surface area contributed by atoms with E-state index in [2.05, 4.69) is 10.4 Å². The van der Waals surface area contributed by atoms with Crippen molar-refractivity contribution in [1.82, 2.24) is 5.12 Å². The standard InChI is InChI=1S/C14H11ClN4O5/c1-2-24-14(22)10-9-11(19(16-10)17-23)13(21)18(12(9)20)8-5-3-4-7(15)6-8/h3-6,9,11H,2H2,1H3/t9-,11-/m0/s1. The minimum Gasteiger partial charge on any atom is -0.461 e. The van der Waals surface area contributed by atoms with E-state index in [9.17, 15) is 19.3 Å². The normalized spacial score (nSPS) is 22.5. The predicted octanol–water partition coefficient (Wildman–Crippen LogP) is 1.11. The van der Waals surface area contributed by atoms with Crippen LogP contribution >= 0.6 is 11.6 Å². The maximum Gasteiger partial charge on any atom is 0.355 e. The summed E-state index contributed by atoms with van der Waals surface area (Å²) in [6.45, 7) is 1.64. The van der Waals surface area contributed by atoms with Crippen LogP contribution in [0.4, 0.5) is 5.69 Å². The Bertz CT molecular complexity index is 780. The number of nitroso groups, excluding NO2 is 1. The van der Waals surface area contributed by atoms with Crippen LogP contribution in [0.25, 0.3) is 0 Å². The van der Waals surface area contributed by atoms with Crippen LogP contribution in [0, 0.1) is 10.8 Å². The average molecular weight is 351 g/mol. The molecule has 1 aromatic rings. The highest BCUT2D eigenvalue weighted by atomic mass is 35.5. The summed E-state index contributed by atoms with van der Waals surface area (Å²) < 4.78 is 4.83. The Labute approximate surface area is 140 Å². The molecule has 2 aliphatic rings. The molecule has 10 heteroatoms. The topological polar surface area (TPSA) is 109 Å². The number of ether oxygens (including phenoxy) is 1. The molecule has 2 aliphatic heterocycles. The summed E-state index contributed by atoms with van der Waals surface area (Å²) in [6.07, 6.45) is 0. The Balaban J connectivity index is 2.02. The van der Waals surface area contributed by atoms with Crippen LogP contribution in [-0.2, 0) is 19.1 Å². The molecule has 0 aromatic heterocycles. The van der Waals surface area contributed by atoms with Crippen molar-refractivity contribution >= 4 is 40.8 Å². The Morgan fingerprint density at radius 2 is 2.12 bits per heavy atom. The van der Waals surface area contributed by atoms with E-state index in [0.29, 0.717) is 10.1 Å². The second kappa shape index (κ2) is 6.00. The van der Waals surface area contributed by atoms with E-state index >= 15 is 0 Å². The largest absolute Gasteiger partial charge is 0.461 e. The zero-order valence-corrected chi connectivity index (χ0v) is 13.1. The van der Waals surface area contributed by atoms with Crippen LogP contribution in [0.1, 0.15) is 6.92 Å².